The normalized spacial score (nSPS) is 11.5. The van der Waals surface area contributed by atoms with Gasteiger partial charge in [-0.05, 0) is 25.1 Å². The first-order chi connectivity index (χ1) is 9.77. The molecule has 1 heterocycles. The lowest BCUT2D eigenvalue weighted by molar-refractivity contribution is -0.138. The second-order valence-electron chi connectivity index (χ2n) is 4.22. The van der Waals surface area contributed by atoms with Crippen LogP contribution < -0.4 is 5.32 Å². The second kappa shape index (κ2) is 6.15. The molecule has 1 aromatic carbocycles. The number of nitrogens with zero attached hydrogens (tertiary/aromatic N) is 1. The zero-order valence-electron chi connectivity index (χ0n) is 10.8. The lowest BCUT2D eigenvalue weighted by Gasteiger charge is -2.11. The van der Waals surface area contributed by atoms with Crippen LogP contribution in [0.4, 0.5) is 13.2 Å². The highest BCUT2D eigenvalue weighted by Gasteiger charge is 2.33. The van der Waals surface area contributed by atoms with E-state index in [9.17, 15) is 18.0 Å². The Morgan fingerprint density at radius 1 is 1.43 bits per heavy atom. The van der Waals surface area contributed by atoms with Crippen molar-refractivity contribution in [1.82, 2.24) is 10.3 Å². The largest absolute Gasteiger partial charge is 0.417 e. The van der Waals surface area contributed by atoms with Gasteiger partial charge in [0.15, 0.2) is 0 Å². The Morgan fingerprint density at radius 2 is 2.14 bits per heavy atom. The van der Waals surface area contributed by atoms with Crippen molar-refractivity contribution in [2.75, 3.05) is 0 Å². The summed E-state index contributed by atoms with van der Waals surface area (Å²) < 4.78 is 38.2. The second-order valence-corrected chi connectivity index (χ2v) is 6.39. The van der Waals surface area contributed by atoms with Crippen LogP contribution in [0.1, 0.15) is 25.8 Å². The summed E-state index contributed by atoms with van der Waals surface area (Å²) in [5.41, 5.74) is -0.907. The van der Waals surface area contributed by atoms with Crippen molar-refractivity contribution in [1.29, 1.82) is 0 Å². The minimum absolute atomic E-state index is 0.0354. The van der Waals surface area contributed by atoms with E-state index in [1.807, 2.05) is 6.92 Å². The molecule has 0 fully saturated rings. The molecule has 0 atom stereocenters. The Bertz CT molecular complexity index is 670. The molecule has 0 aliphatic heterocycles. The minimum atomic E-state index is -4.51. The van der Waals surface area contributed by atoms with E-state index in [4.69, 9.17) is 0 Å². The number of carbonyl (C=O) groups is 1. The summed E-state index contributed by atoms with van der Waals surface area (Å²) in [6.07, 6.45) is -2.88. The van der Waals surface area contributed by atoms with Gasteiger partial charge in [0, 0.05) is 21.1 Å². The van der Waals surface area contributed by atoms with Gasteiger partial charge in [0.1, 0.15) is 0 Å². The molecule has 21 heavy (non-hydrogen) atoms. The average molecular weight is 379 g/mol. The number of hydrogen-bond donors (Lipinski definition) is 1. The fraction of sp³-hybridized carbons (Fsp3) is 0.231. The molecule has 0 bridgehead atoms. The van der Waals surface area contributed by atoms with Crippen LogP contribution in [0.5, 0.6) is 0 Å². The van der Waals surface area contributed by atoms with Gasteiger partial charge in [-0.1, -0.05) is 15.9 Å². The molecule has 0 aliphatic rings. The minimum Gasteiger partial charge on any atom is -0.347 e. The standard InChI is InChI=1S/C13H10BrF3N2OS/c1-7-18-5-9(21-7)6-19-12(20)8-2-3-11(14)10(4-8)13(15,16)17/h2-5H,6H2,1H3,(H,19,20). The van der Waals surface area contributed by atoms with Crippen LogP contribution in [0.15, 0.2) is 28.9 Å². The molecule has 1 N–H and O–H groups in total. The highest BCUT2D eigenvalue weighted by atomic mass is 79.9. The molecule has 8 heteroatoms. The van der Waals surface area contributed by atoms with Gasteiger partial charge in [0.05, 0.1) is 17.1 Å². The van der Waals surface area contributed by atoms with Gasteiger partial charge in [-0.3, -0.25) is 4.79 Å². The smallest absolute Gasteiger partial charge is 0.347 e. The van der Waals surface area contributed by atoms with E-state index in [1.54, 1.807) is 6.20 Å². The average Bonchev–Trinajstić information content (AvgIpc) is 2.81. The van der Waals surface area contributed by atoms with E-state index in [1.165, 1.54) is 23.5 Å². The van der Waals surface area contributed by atoms with Crippen LogP contribution >= 0.6 is 27.3 Å². The number of aromatic nitrogens is 1. The Hall–Kier alpha value is -1.41. The zero-order chi connectivity index (χ0) is 15.6. The molecule has 2 aromatic rings. The molecular weight excluding hydrogens is 369 g/mol. The number of benzene rings is 1. The monoisotopic (exact) mass is 378 g/mol. The molecule has 0 radical (unpaired) electrons. The molecule has 0 spiro atoms. The third-order valence-corrected chi connectivity index (χ3v) is 4.23. The fourth-order valence-corrected chi connectivity index (χ4v) is 2.85. The number of amides is 1. The maximum atomic E-state index is 12.8. The molecule has 0 saturated heterocycles. The van der Waals surface area contributed by atoms with Crippen molar-refractivity contribution in [3.05, 3.63) is 49.9 Å². The summed E-state index contributed by atoms with van der Waals surface area (Å²) >= 11 is 4.26. The van der Waals surface area contributed by atoms with Gasteiger partial charge < -0.3 is 5.32 Å². The van der Waals surface area contributed by atoms with Crippen molar-refractivity contribution in [3.63, 3.8) is 0 Å². The Labute approximate surface area is 131 Å². The number of nitrogens with one attached hydrogen (secondary N) is 1. The van der Waals surface area contributed by atoms with Crippen LogP contribution in [0, 0.1) is 6.92 Å². The summed E-state index contributed by atoms with van der Waals surface area (Å²) in [5, 5.41) is 3.44. The fourth-order valence-electron chi connectivity index (χ4n) is 1.64. The lowest BCUT2D eigenvalue weighted by atomic mass is 10.1. The Balaban J connectivity index is 2.12. The summed E-state index contributed by atoms with van der Waals surface area (Å²) in [7, 11) is 0. The molecule has 2 rings (SSSR count). The summed E-state index contributed by atoms with van der Waals surface area (Å²) in [6.45, 7) is 2.07. The van der Waals surface area contributed by atoms with E-state index < -0.39 is 17.6 Å². The highest BCUT2D eigenvalue weighted by Crippen LogP contribution is 2.35. The molecule has 3 nitrogen and oxygen atoms in total. The number of thiazole rings is 1. The predicted molar refractivity (Wildman–Crippen MR) is 77.2 cm³/mol. The molecule has 0 unspecified atom stereocenters. The highest BCUT2D eigenvalue weighted by molar-refractivity contribution is 9.10. The predicted octanol–water partition coefficient (Wildman–Crippen LogP) is 4.16. The maximum Gasteiger partial charge on any atom is 0.417 e. The van der Waals surface area contributed by atoms with Crippen LogP contribution in [-0.4, -0.2) is 10.9 Å². The molecule has 0 aliphatic carbocycles. The molecule has 0 saturated carbocycles. The zero-order valence-corrected chi connectivity index (χ0v) is 13.2. The van der Waals surface area contributed by atoms with E-state index in [0.717, 1.165) is 16.0 Å². The van der Waals surface area contributed by atoms with Crippen molar-refractivity contribution in [3.8, 4) is 0 Å². The number of halogens is 4. The number of hydrogen-bond acceptors (Lipinski definition) is 3. The van der Waals surface area contributed by atoms with Gasteiger partial charge in [-0.2, -0.15) is 13.2 Å². The first kappa shape index (κ1) is 16.0. The van der Waals surface area contributed by atoms with Crippen molar-refractivity contribution in [2.24, 2.45) is 0 Å². The first-order valence-electron chi connectivity index (χ1n) is 5.83. The molecule has 112 valence electrons. The van der Waals surface area contributed by atoms with Crippen LogP contribution in [-0.2, 0) is 12.7 Å². The number of rotatable bonds is 3. The number of aryl methyl sites for hydroxylation is 1. The van der Waals surface area contributed by atoms with E-state index in [0.29, 0.717) is 0 Å². The van der Waals surface area contributed by atoms with Crippen LogP contribution in [0.2, 0.25) is 0 Å². The van der Waals surface area contributed by atoms with Gasteiger partial charge >= 0.3 is 6.18 Å². The van der Waals surface area contributed by atoms with Gasteiger partial charge in [-0.25, -0.2) is 4.98 Å². The SMILES string of the molecule is Cc1ncc(CNC(=O)c2ccc(Br)c(C(F)(F)F)c2)s1. The van der Waals surface area contributed by atoms with Crippen LogP contribution in [0.25, 0.3) is 0 Å². The van der Waals surface area contributed by atoms with Gasteiger partial charge in [0.25, 0.3) is 5.91 Å². The summed E-state index contributed by atoms with van der Waals surface area (Å²) in [5.74, 6) is -0.556. The van der Waals surface area contributed by atoms with E-state index in [-0.39, 0.29) is 16.6 Å². The molecular formula is C13H10BrF3N2OS. The first-order valence-corrected chi connectivity index (χ1v) is 7.44. The van der Waals surface area contributed by atoms with Gasteiger partial charge in [0.2, 0.25) is 0 Å². The van der Waals surface area contributed by atoms with Crippen molar-refractivity contribution in [2.45, 2.75) is 19.6 Å². The molecule has 1 aromatic heterocycles. The lowest BCUT2D eigenvalue weighted by Crippen LogP contribution is -2.23. The van der Waals surface area contributed by atoms with Crippen molar-refractivity contribution >= 4 is 33.2 Å². The maximum absolute atomic E-state index is 12.8. The topological polar surface area (TPSA) is 42.0 Å². The third-order valence-electron chi connectivity index (χ3n) is 2.63. The molecule has 1 amide bonds. The van der Waals surface area contributed by atoms with Crippen molar-refractivity contribution < 1.29 is 18.0 Å². The Kier molecular flexibility index (Phi) is 4.67. The summed E-state index contributed by atoms with van der Waals surface area (Å²) in [6, 6.07) is 3.39. The third kappa shape index (κ3) is 4.04. The van der Waals surface area contributed by atoms with Crippen LogP contribution in [0.3, 0.4) is 0 Å². The van der Waals surface area contributed by atoms with E-state index in [2.05, 4.69) is 26.2 Å². The van der Waals surface area contributed by atoms with Gasteiger partial charge in [-0.15, -0.1) is 11.3 Å². The number of carbonyl (C=O) groups excluding carboxylic acids is 1. The van der Waals surface area contributed by atoms with E-state index >= 15 is 0 Å². The number of alkyl halides is 3. The quantitative estimate of drug-likeness (QED) is 0.870. The Morgan fingerprint density at radius 3 is 2.71 bits per heavy atom. The summed E-state index contributed by atoms with van der Waals surface area (Å²) in [4.78, 5) is 16.8.